The fourth-order valence-corrected chi connectivity index (χ4v) is 2.05. The molecule has 0 N–H and O–H groups in total. The number of hydrogen-bond donors (Lipinski definition) is 0. The van der Waals surface area contributed by atoms with E-state index in [-0.39, 0.29) is 19.0 Å². The molecule has 0 spiro atoms. The van der Waals surface area contributed by atoms with Gasteiger partial charge in [-0.05, 0) is 16.7 Å². The van der Waals surface area contributed by atoms with Crippen molar-refractivity contribution >= 4 is 23.2 Å². The number of tetrazole rings is 1. The largest absolute Gasteiger partial charge is 0.468 e. The third-order valence-electron chi connectivity index (χ3n) is 2.49. The van der Waals surface area contributed by atoms with Crippen LogP contribution in [0.4, 0.5) is 0 Å². The molecule has 0 aliphatic carbocycles. The van der Waals surface area contributed by atoms with E-state index in [0.717, 1.165) is 4.88 Å². The molecule has 2 rings (SSSR count). The number of aromatic nitrogens is 4. The maximum absolute atomic E-state index is 11.9. The minimum atomic E-state index is -0.480. The van der Waals surface area contributed by atoms with Crippen LogP contribution in [0.25, 0.3) is 10.7 Å². The minimum absolute atomic E-state index is 0.0775. The summed E-state index contributed by atoms with van der Waals surface area (Å²) in [4.78, 5) is 26.3. The summed E-state index contributed by atoms with van der Waals surface area (Å²) in [6.45, 7) is -0.187. The Morgan fingerprint density at radius 3 is 2.95 bits per heavy atom. The number of amides is 1. The van der Waals surface area contributed by atoms with Crippen LogP contribution in [0.2, 0.25) is 0 Å². The van der Waals surface area contributed by atoms with Gasteiger partial charge in [0.05, 0.1) is 12.0 Å². The van der Waals surface area contributed by atoms with Crippen molar-refractivity contribution in [3.63, 3.8) is 0 Å². The second-order valence-electron chi connectivity index (χ2n) is 3.95. The highest BCUT2D eigenvalue weighted by Crippen LogP contribution is 2.19. The SMILES string of the molecule is COC(=O)CN(C)C(=O)Cn1nnc(-c2cccs2)n1. The molecule has 1 amide bonds. The number of thiophene rings is 1. The predicted octanol–water partition coefficient (Wildman–Crippen LogP) is 0.0330. The standard InChI is InChI=1S/C11H13N5O3S/c1-15(7-10(18)19-2)9(17)6-16-13-11(12-14-16)8-4-3-5-20-8/h3-5H,6-7H2,1-2H3. The van der Waals surface area contributed by atoms with E-state index in [4.69, 9.17) is 0 Å². The number of methoxy groups -OCH3 is 1. The van der Waals surface area contributed by atoms with E-state index >= 15 is 0 Å². The summed E-state index contributed by atoms with van der Waals surface area (Å²) in [5.74, 6) is -0.305. The van der Waals surface area contributed by atoms with Gasteiger partial charge in [-0.3, -0.25) is 9.59 Å². The van der Waals surface area contributed by atoms with Gasteiger partial charge >= 0.3 is 5.97 Å². The van der Waals surface area contributed by atoms with Gasteiger partial charge in [-0.15, -0.1) is 21.5 Å². The van der Waals surface area contributed by atoms with Gasteiger partial charge < -0.3 is 9.64 Å². The maximum atomic E-state index is 11.9. The number of carbonyl (C=O) groups is 2. The number of carbonyl (C=O) groups excluding carboxylic acids is 2. The monoisotopic (exact) mass is 295 g/mol. The van der Waals surface area contributed by atoms with Crippen molar-refractivity contribution in [1.82, 2.24) is 25.1 Å². The second-order valence-corrected chi connectivity index (χ2v) is 4.89. The highest BCUT2D eigenvalue weighted by Gasteiger charge is 2.15. The third kappa shape index (κ3) is 3.38. The summed E-state index contributed by atoms with van der Waals surface area (Å²) in [6.07, 6.45) is 0. The molecule has 106 valence electrons. The predicted molar refractivity (Wildman–Crippen MR) is 70.8 cm³/mol. The van der Waals surface area contributed by atoms with E-state index in [0.29, 0.717) is 5.82 Å². The molecule has 2 aromatic heterocycles. The van der Waals surface area contributed by atoms with Crippen molar-refractivity contribution in [3.05, 3.63) is 17.5 Å². The molecule has 0 aliphatic rings. The summed E-state index contributed by atoms with van der Waals surface area (Å²) < 4.78 is 4.49. The number of rotatable bonds is 5. The first-order valence-corrected chi connectivity index (χ1v) is 6.60. The Hall–Kier alpha value is -2.29. The number of esters is 1. The molecule has 0 saturated carbocycles. The van der Waals surface area contributed by atoms with Gasteiger partial charge in [0.2, 0.25) is 11.7 Å². The number of ether oxygens (including phenoxy) is 1. The Bertz CT molecular complexity index is 595. The van der Waals surface area contributed by atoms with Crippen molar-refractivity contribution in [2.75, 3.05) is 20.7 Å². The molecule has 0 saturated heterocycles. The normalized spacial score (nSPS) is 10.3. The zero-order chi connectivity index (χ0) is 14.5. The van der Waals surface area contributed by atoms with E-state index in [2.05, 4.69) is 20.1 Å². The van der Waals surface area contributed by atoms with Crippen molar-refractivity contribution in [3.8, 4) is 10.7 Å². The highest BCUT2D eigenvalue weighted by molar-refractivity contribution is 7.13. The molecule has 0 aliphatic heterocycles. The lowest BCUT2D eigenvalue weighted by Crippen LogP contribution is -2.35. The van der Waals surface area contributed by atoms with Crippen LogP contribution in [0.1, 0.15) is 0 Å². The molecule has 8 nitrogen and oxygen atoms in total. The third-order valence-corrected chi connectivity index (χ3v) is 3.36. The zero-order valence-corrected chi connectivity index (χ0v) is 11.8. The van der Waals surface area contributed by atoms with Gasteiger partial charge in [-0.25, -0.2) is 0 Å². The van der Waals surface area contributed by atoms with Crippen LogP contribution in [0.3, 0.4) is 0 Å². The van der Waals surface area contributed by atoms with Crippen molar-refractivity contribution < 1.29 is 14.3 Å². The number of nitrogens with zero attached hydrogens (tertiary/aromatic N) is 5. The first-order valence-electron chi connectivity index (χ1n) is 5.72. The molecule has 0 atom stereocenters. The fraction of sp³-hybridized carbons (Fsp3) is 0.364. The quantitative estimate of drug-likeness (QED) is 0.723. The lowest BCUT2D eigenvalue weighted by atomic mass is 10.4. The first kappa shape index (κ1) is 14.1. The van der Waals surface area contributed by atoms with Gasteiger partial charge in [0.1, 0.15) is 13.1 Å². The van der Waals surface area contributed by atoms with Crippen molar-refractivity contribution in [2.45, 2.75) is 6.54 Å². The summed E-state index contributed by atoms with van der Waals surface area (Å²) in [6, 6.07) is 3.76. The fourth-order valence-electron chi connectivity index (χ4n) is 1.40. The number of hydrogen-bond acceptors (Lipinski definition) is 7. The molecule has 0 unspecified atom stereocenters. The van der Waals surface area contributed by atoms with Crippen LogP contribution in [-0.2, 0) is 20.9 Å². The van der Waals surface area contributed by atoms with Crippen LogP contribution in [-0.4, -0.2) is 57.7 Å². The summed E-state index contributed by atoms with van der Waals surface area (Å²) in [5.41, 5.74) is 0. The van der Waals surface area contributed by atoms with Crippen LogP contribution in [0, 0.1) is 0 Å². The van der Waals surface area contributed by atoms with E-state index in [1.807, 2.05) is 17.5 Å². The van der Waals surface area contributed by atoms with Gasteiger partial charge in [0.15, 0.2) is 0 Å². The summed E-state index contributed by atoms with van der Waals surface area (Å²) >= 11 is 1.49. The molecular formula is C11H13N5O3S. The van der Waals surface area contributed by atoms with Crippen molar-refractivity contribution in [1.29, 1.82) is 0 Å². The Balaban J connectivity index is 1.96. The van der Waals surface area contributed by atoms with Gasteiger partial charge in [-0.1, -0.05) is 6.07 Å². The average Bonchev–Trinajstić information content (AvgIpc) is 3.08. The molecule has 2 aromatic rings. The molecular weight excluding hydrogens is 282 g/mol. The minimum Gasteiger partial charge on any atom is -0.468 e. The molecule has 0 aromatic carbocycles. The van der Waals surface area contributed by atoms with Gasteiger partial charge in [0.25, 0.3) is 0 Å². The first-order chi connectivity index (χ1) is 9.60. The van der Waals surface area contributed by atoms with Crippen molar-refractivity contribution in [2.24, 2.45) is 0 Å². The second kappa shape index (κ2) is 6.24. The smallest absolute Gasteiger partial charge is 0.325 e. The Kier molecular flexibility index (Phi) is 4.41. The Morgan fingerprint density at radius 1 is 1.50 bits per heavy atom. The van der Waals surface area contributed by atoms with E-state index in [1.165, 1.54) is 35.2 Å². The van der Waals surface area contributed by atoms with Crippen LogP contribution < -0.4 is 0 Å². The van der Waals surface area contributed by atoms with E-state index in [1.54, 1.807) is 0 Å². The lowest BCUT2D eigenvalue weighted by Gasteiger charge is -2.14. The zero-order valence-electron chi connectivity index (χ0n) is 11.0. The Labute approximate surface area is 118 Å². The van der Waals surface area contributed by atoms with Crippen LogP contribution >= 0.6 is 11.3 Å². The van der Waals surface area contributed by atoms with E-state index < -0.39 is 5.97 Å². The summed E-state index contributed by atoms with van der Waals surface area (Å²) in [7, 11) is 2.78. The average molecular weight is 295 g/mol. The van der Waals surface area contributed by atoms with Gasteiger partial charge in [0, 0.05) is 7.05 Å². The highest BCUT2D eigenvalue weighted by atomic mass is 32.1. The molecule has 2 heterocycles. The molecule has 0 radical (unpaired) electrons. The van der Waals surface area contributed by atoms with Crippen LogP contribution in [0.15, 0.2) is 17.5 Å². The number of likely N-dealkylation sites (N-methyl/N-ethyl adjacent to an activating group) is 1. The molecule has 9 heteroatoms. The lowest BCUT2D eigenvalue weighted by molar-refractivity contribution is -0.146. The molecule has 0 fully saturated rings. The summed E-state index contributed by atoms with van der Waals surface area (Å²) in [5, 5.41) is 13.7. The topological polar surface area (TPSA) is 90.2 Å². The van der Waals surface area contributed by atoms with E-state index in [9.17, 15) is 9.59 Å². The Morgan fingerprint density at radius 2 is 2.30 bits per heavy atom. The van der Waals surface area contributed by atoms with Crippen LogP contribution in [0.5, 0.6) is 0 Å². The van der Waals surface area contributed by atoms with Gasteiger partial charge in [-0.2, -0.15) is 4.80 Å². The molecule has 20 heavy (non-hydrogen) atoms. The molecule has 0 bridgehead atoms. The maximum Gasteiger partial charge on any atom is 0.325 e.